The molecule has 0 aromatic carbocycles. The van der Waals surface area contributed by atoms with E-state index in [2.05, 4.69) is 16.0 Å². The zero-order valence-electron chi connectivity index (χ0n) is 23.4. The average molecular weight is 566 g/mol. The van der Waals surface area contributed by atoms with E-state index in [-0.39, 0.29) is 31.6 Å². The summed E-state index contributed by atoms with van der Waals surface area (Å²) in [4.78, 5) is 23.5. The van der Waals surface area contributed by atoms with Crippen LogP contribution < -0.4 is 16.0 Å². The second-order valence-corrected chi connectivity index (χ2v) is 10.2. The number of amides is 1. The van der Waals surface area contributed by atoms with Crippen LogP contribution in [0.2, 0.25) is 0 Å². The number of esters is 1. The summed E-state index contributed by atoms with van der Waals surface area (Å²) in [5.41, 5.74) is 0. The molecule has 5 unspecified atom stereocenters. The molecular weight excluding hydrogens is 518 g/mol. The number of aliphatic hydroxyl groups is 4. The fraction of sp³-hybridized carbons (Fsp3) is 0.920. The number of ether oxygens (including phenoxy) is 5. The number of hydrogen-bond acceptors (Lipinski definition) is 13. The summed E-state index contributed by atoms with van der Waals surface area (Å²) < 4.78 is 27.7. The van der Waals surface area contributed by atoms with Gasteiger partial charge in [-0.25, -0.2) is 0 Å². The summed E-state index contributed by atoms with van der Waals surface area (Å²) in [5.74, 6) is -1.24. The highest BCUT2D eigenvalue weighted by Crippen LogP contribution is 2.31. The maximum Gasteiger partial charge on any atom is 0.307 e. The molecule has 14 nitrogen and oxygen atoms in total. The summed E-state index contributed by atoms with van der Waals surface area (Å²) in [6.07, 6.45) is -6.49. The van der Waals surface area contributed by atoms with E-state index >= 15 is 0 Å². The predicted molar refractivity (Wildman–Crippen MR) is 138 cm³/mol. The lowest BCUT2D eigenvalue weighted by Crippen LogP contribution is -2.67. The molecule has 2 rings (SSSR count). The molecular formula is C25H47N3O11. The SMILES string of the molecule is COCCOC(=O)CCNC(C)CNC1[C@H](C)OC(CO)[C@@H](O[C@@H]2OC(CO)[C@H](C)[C@H](O)C2NC(C)=O)[C@@H]1O. The van der Waals surface area contributed by atoms with Crippen LogP contribution in [0.1, 0.15) is 34.1 Å². The van der Waals surface area contributed by atoms with Gasteiger partial charge in [-0.05, 0) is 13.8 Å². The molecule has 0 aromatic heterocycles. The van der Waals surface area contributed by atoms with Gasteiger partial charge in [-0.3, -0.25) is 9.59 Å². The Hall–Kier alpha value is -1.46. The summed E-state index contributed by atoms with van der Waals surface area (Å²) in [5, 5.41) is 50.8. The third kappa shape index (κ3) is 9.85. The van der Waals surface area contributed by atoms with Gasteiger partial charge in [-0.2, -0.15) is 0 Å². The first-order valence-corrected chi connectivity index (χ1v) is 13.5. The molecule has 0 saturated carbocycles. The highest BCUT2D eigenvalue weighted by molar-refractivity contribution is 5.73. The number of carbonyl (C=O) groups excluding carboxylic acids is 2. The molecule has 1 amide bonds. The van der Waals surface area contributed by atoms with E-state index < -0.39 is 73.4 Å². The van der Waals surface area contributed by atoms with Gasteiger partial charge in [0.15, 0.2) is 6.29 Å². The maximum absolute atomic E-state index is 11.8. The van der Waals surface area contributed by atoms with Crippen LogP contribution in [-0.4, -0.2) is 140 Å². The number of nitrogens with one attached hydrogen (secondary N) is 3. The molecule has 0 bridgehead atoms. The second kappa shape index (κ2) is 16.7. The Morgan fingerprint density at radius 1 is 1.00 bits per heavy atom. The minimum Gasteiger partial charge on any atom is -0.463 e. The van der Waals surface area contributed by atoms with Gasteiger partial charge in [-0.1, -0.05) is 6.92 Å². The Balaban J connectivity index is 2.00. The molecule has 0 aliphatic carbocycles. The molecule has 2 aliphatic rings. The molecule has 2 fully saturated rings. The van der Waals surface area contributed by atoms with E-state index in [1.165, 1.54) is 14.0 Å². The fourth-order valence-electron chi connectivity index (χ4n) is 4.82. The molecule has 2 heterocycles. The van der Waals surface area contributed by atoms with Crippen LogP contribution in [0.4, 0.5) is 0 Å². The van der Waals surface area contributed by atoms with E-state index in [4.69, 9.17) is 23.7 Å². The van der Waals surface area contributed by atoms with Gasteiger partial charge in [0, 0.05) is 39.1 Å². The van der Waals surface area contributed by atoms with Crippen molar-refractivity contribution in [1.29, 1.82) is 0 Å². The van der Waals surface area contributed by atoms with E-state index in [9.17, 15) is 30.0 Å². The van der Waals surface area contributed by atoms with Gasteiger partial charge in [0.2, 0.25) is 5.91 Å². The van der Waals surface area contributed by atoms with Crippen molar-refractivity contribution in [2.45, 2.75) is 95.2 Å². The molecule has 228 valence electrons. The average Bonchev–Trinajstić information content (AvgIpc) is 2.89. The van der Waals surface area contributed by atoms with Crippen molar-refractivity contribution in [2.24, 2.45) is 5.92 Å². The Bertz CT molecular complexity index is 748. The Labute approximate surface area is 229 Å². The Morgan fingerprint density at radius 2 is 1.69 bits per heavy atom. The summed E-state index contributed by atoms with van der Waals surface area (Å²) in [7, 11) is 1.53. The number of hydrogen-bond donors (Lipinski definition) is 7. The molecule has 7 N–H and O–H groups in total. The largest absolute Gasteiger partial charge is 0.463 e. The summed E-state index contributed by atoms with van der Waals surface area (Å²) in [6, 6.07) is -1.64. The Morgan fingerprint density at radius 3 is 2.31 bits per heavy atom. The number of aliphatic hydroxyl groups excluding tert-OH is 4. The van der Waals surface area contributed by atoms with Crippen LogP contribution in [0.5, 0.6) is 0 Å². The number of methoxy groups -OCH3 is 1. The molecule has 0 aromatic rings. The van der Waals surface area contributed by atoms with Crippen molar-refractivity contribution in [1.82, 2.24) is 16.0 Å². The zero-order valence-corrected chi connectivity index (χ0v) is 23.4. The highest BCUT2D eigenvalue weighted by atomic mass is 16.7. The third-order valence-corrected chi connectivity index (χ3v) is 7.11. The normalized spacial score (nSPS) is 35.8. The zero-order chi connectivity index (χ0) is 29.1. The van der Waals surface area contributed by atoms with Gasteiger partial charge in [0.1, 0.15) is 31.0 Å². The van der Waals surface area contributed by atoms with E-state index in [0.29, 0.717) is 19.7 Å². The first-order chi connectivity index (χ1) is 18.5. The van der Waals surface area contributed by atoms with Gasteiger partial charge in [0.25, 0.3) is 0 Å². The molecule has 2 saturated heterocycles. The molecule has 11 atom stereocenters. The van der Waals surface area contributed by atoms with E-state index in [1.807, 2.05) is 6.92 Å². The topological polar surface area (TPSA) is 197 Å². The molecule has 0 radical (unpaired) electrons. The van der Waals surface area contributed by atoms with Crippen LogP contribution in [0.25, 0.3) is 0 Å². The highest BCUT2D eigenvalue weighted by Gasteiger charge is 2.49. The van der Waals surface area contributed by atoms with E-state index in [0.717, 1.165) is 0 Å². The van der Waals surface area contributed by atoms with Crippen molar-refractivity contribution in [3.05, 3.63) is 0 Å². The van der Waals surface area contributed by atoms with Gasteiger partial charge < -0.3 is 60.1 Å². The molecule has 0 spiro atoms. The van der Waals surface area contributed by atoms with E-state index in [1.54, 1.807) is 13.8 Å². The monoisotopic (exact) mass is 565 g/mol. The van der Waals surface area contributed by atoms with Gasteiger partial charge >= 0.3 is 5.97 Å². The van der Waals surface area contributed by atoms with Crippen LogP contribution in [0, 0.1) is 5.92 Å². The lowest BCUT2D eigenvalue weighted by molar-refractivity contribution is -0.306. The first kappa shape index (κ1) is 33.7. The van der Waals surface area contributed by atoms with Crippen LogP contribution in [-0.2, 0) is 33.3 Å². The van der Waals surface area contributed by atoms with Crippen LogP contribution in [0.15, 0.2) is 0 Å². The van der Waals surface area contributed by atoms with Crippen molar-refractivity contribution in [2.75, 3.05) is 46.6 Å². The predicted octanol–water partition coefficient (Wildman–Crippen LogP) is -2.75. The second-order valence-electron chi connectivity index (χ2n) is 10.2. The minimum atomic E-state index is -1.21. The van der Waals surface area contributed by atoms with Gasteiger partial charge in [0.05, 0.1) is 50.6 Å². The smallest absolute Gasteiger partial charge is 0.307 e. The number of rotatable bonds is 15. The quantitative estimate of drug-likeness (QED) is 0.0797. The molecule has 39 heavy (non-hydrogen) atoms. The first-order valence-electron chi connectivity index (χ1n) is 13.5. The summed E-state index contributed by atoms with van der Waals surface area (Å²) >= 11 is 0. The fourth-order valence-corrected chi connectivity index (χ4v) is 4.82. The third-order valence-electron chi connectivity index (χ3n) is 7.11. The number of carbonyl (C=O) groups is 2. The lowest BCUT2D eigenvalue weighted by atomic mass is 9.88. The minimum absolute atomic E-state index is 0.0705. The van der Waals surface area contributed by atoms with Crippen molar-refractivity contribution in [3.63, 3.8) is 0 Å². The molecule has 14 heteroatoms. The van der Waals surface area contributed by atoms with Gasteiger partial charge in [-0.15, -0.1) is 0 Å². The standard InChI is InChI=1S/C25H47N3O11/c1-13(26-7-6-19(32)36-9-8-35-5)10-27-20-15(3)37-18(12-30)24(23(20)34)39-25-21(28-16(4)31)22(33)14(2)17(11-29)38-25/h13-15,17-18,20-27,29-30,33-34H,6-12H2,1-5H3,(H,28,31)/t13?,14-,15-,17?,18?,20?,21?,22-,23+,24+,25-/m0/s1. The van der Waals surface area contributed by atoms with Crippen molar-refractivity contribution < 1.29 is 53.7 Å². The van der Waals surface area contributed by atoms with Crippen molar-refractivity contribution in [3.8, 4) is 0 Å². The van der Waals surface area contributed by atoms with Crippen LogP contribution in [0.3, 0.4) is 0 Å². The summed E-state index contributed by atoms with van der Waals surface area (Å²) in [6.45, 7) is 7.20. The molecule has 2 aliphatic heterocycles. The van der Waals surface area contributed by atoms with Crippen molar-refractivity contribution >= 4 is 11.9 Å². The maximum atomic E-state index is 11.8. The lowest BCUT2D eigenvalue weighted by Gasteiger charge is -2.48. The Kier molecular flexibility index (Phi) is 14.5. The van der Waals surface area contributed by atoms with Crippen LogP contribution >= 0.6 is 0 Å².